The second-order valence-electron chi connectivity index (χ2n) is 4.86. The highest BCUT2D eigenvalue weighted by atomic mass is 16.1. The molecule has 0 bridgehead atoms. The van der Waals surface area contributed by atoms with Gasteiger partial charge in [-0.05, 0) is 38.5 Å². The lowest BCUT2D eigenvalue weighted by atomic mass is 9.77. The summed E-state index contributed by atoms with van der Waals surface area (Å²) in [5.74, 6) is 6.29. The van der Waals surface area contributed by atoms with Crippen LogP contribution >= 0.6 is 0 Å². The van der Waals surface area contributed by atoms with Crippen molar-refractivity contribution in [3.63, 3.8) is 0 Å². The van der Waals surface area contributed by atoms with Crippen LogP contribution in [-0.2, 0) is 4.79 Å². The van der Waals surface area contributed by atoms with Gasteiger partial charge in [0.25, 0.3) is 0 Å². The van der Waals surface area contributed by atoms with E-state index in [4.69, 9.17) is 0 Å². The Bertz CT molecular complexity index is 593. The van der Waals surface area contributed by atoms with E-state index in [-0.39, 0.29) is 5.78 Å². The highest BCUT2D eigenvalue weighted by molar-refractivity contribution is 6.04. The Morgan fingerprint density at radius 3 is 2.44 bits per heavy atom. The highest BCUT2D eigenvalue weighted by Crippen LogP contribution is 2.29. The van der Waals surface area contributed by atoms with Gasteiger partial charge >= 0.3 is 0 Å². The van der Waals surface area contributed by atoms with Crippen LogP contribution in [0.15, 0.2) is 53.6 Å². The van der Waals surface area contributed by atoms with Gasteiger partial charge in [0.1, 0.15) is 5.41 Å². The fraction of sp³-hybridized carbons (Fsp3) is 0.235. The van der Waals surface area contributed by atoms with Gasteiger partial charge in [-0.2, -0.15) is 0 Å². The Morgan fingerprint density at radius 1 is 1.11 bits per heavy atom. The molecule has 0 amide bonds. The molecule has 1 aliphatic rings. The van der Waals surface area contributed by atoms with Crippen molar-refractivity contribution in [1.29, 1.82) is 0 Å². The summed E-state index contributed by atoms with van der Waals surface area (Å²) in [4.78, 5) is 12.2. The fourth-order valence-corrected chi connectivity index (χ4v) is 2.20. The molecular formula is C17H16O. The largest absolute Gasteiger partial charge is 0.292 e. The average molecular weight is 236 g/mol. The molecule has 0 saturated carbocycles. The number of benzene rings is 1. The van der Waals surface area contributed by atoms with Crippen molar-refractivity contribution in [3.8, 4) is 11.8 Å². The van der Waals surface area contributed by atoms with Crippen molar-refractivity contribution < 1.29 is 4.79 Å². The normalized spacial score (nSPS) is 22.7. The Labute approximate surface area is 108 Å². The minimum atomic E-state index is -0.696. The van der Waals surface area contributed by atoms with E-state index in [0.29, 0.717) is 0 Å². The van der Waals surface area contributed by atoms with Gasteiger partial charge in [0.15, 0.2) is 5.78 Å². The number of carbonyl (C=O) groups is 1. The molecule has 0 fully saturated rings. The maximum absolute atomic E-state index is 12.2. The first-order valence-corrected chi connectivity index (χ1v) is 6.02. The SMILES string of the molecule is CC1=CC(C)(C#Cc2ccccc2)C(=O)C(C)=C1. The summed E-state index contributed by atoms with van der Waals surface area (Å²) in [6.45, 7) is 5.73. The number of rotatable bonds is 0. The molecule has 1 heteroatoms. The summed E-state index contributed by atoms with van der Waals surface area (Å²) in [5.41, 5.74) is 2.11. The molecular weight excluding hydrogens is 220 g/mol. The van der Waals surface area contributed by atoms with Gasteiger partial charge in [-0.25, -0.2) is 0 Å². The number of carbonyl (C=O) groups excluding carboxylic acids is 1. The van der Waals surface area contributed by atoms with Crippen LogP contribution in [0.4, 0.5) is 0 Å². The van der Waals surface area contributed by atoms with E-state index in [1.54, 1.807) is 0 Å². The van der Waals surface area contributed by atoms with Crippen LogP contribution in [0, 0.1) is 17.3 Å². The van der Waals surface area contributed by atoms with Gasteiger partial charge in [0, 0.05) is 5.56 Å². The first-order chi connectivity index (χ1) is 8.51. The standard InChI is InChI=1S/C17H16O/c1-13-11-14(2)16(18)17(3,12-13)10-9-15-7-5-4-6-8-15/h4-8,11-12H,1-3H3. The van der Waals surface area contributed by atoms with Crippen LogP contribution in [0.3, 0.4) is 0 Å². The van der Waals surface area contributed by atoms with Crippen LogP contribution in [0.2, 0.25) is 0 Å². The van der Waals surface area contributed by atoms with E-state index in [0.717, 1.165) is 16.7 Å². The van der Waals surface area contributed by atoms with E-state index in [1.807, 2.05) is 63.3 Å². The molecule has 1 aromatic rings. The van der Waals surface area contributed by atoms with E-state index in [1.165, 1.54) is 0 Å². The fourth-order valence-electron chi connectivity index (χ4n) is 2.20. The first kappa shape index (κ1) is 12.4. The zero-order chi connectivity index (χ0) is 13.2. The van der Waals surface area contributed by atoms with Crippen LogP contribution in [-0.4, -0.2) is 5.78 Å². The van der Waals surface area contributed by atoms with Crippen LogP contribution in [0.25, 0.3) is 0 Å². The van der Waals surface area contributed by atoms with Crippen molar-refractivity contribution in [3.05, 3.63) is 59.2 Å². The third kappa shape index (κ3) is 2.43. The van der Waals surface area contributed by atoms with Crippen molar-refractivity contribution in [2.24, 2.45) is 5.41 Å². The first-order valence-electron chi connectivity index (χ1n) is 6.02. The van der Waals surface area contributed by atoms with Crippen LogP contribution in [0.1, 0.15) is 26.3 Å². The van der Waals surface area contributed by atoms with Crippen molar-refractivity contribution in [2.75, 3.05) is 0 Å². The summed E-state index contributed by atoms with van der Waals surface area (Å²) in [7, 11) is 0. The van der Waals surface area contributed by atoms with Gasteiger partial charge in [0.05, 0.1) is 0 Å². The monoisotopic (exact) mass is 236 g/mol. The predicted octanol–water partition coefficient (Wildman–Crippen LogP) is 3.52. The number of ketones is 1. The Balaban J connectivity index is 2.37. The van der Waals surface area contributed by atoms with Gasteiger partial charge in [-0.15, -0.1) is 0 Å². The molecule has 0 N–H and O–H groups in total. The lowest BCUT2D eigenvalue weighted by Gasteiger charge is -2.23. The quantitative estimate of drug-likeness (QED) is 0.630. The molecule has 0 spiro atoms. The minimum absolute atomic E-state index is 0.0940. The molecule has 0 aromatic heterocycles. The van der Waals surface area contributed by atoms with Crippen LogP contribution in [0.5, 0.6) is 0 Å². The van der Waals surface area contributed by atoms with E-state index >= 15 is 0 Å². The smallest absolute Gasteiger partial charge is 0.180 e. The Kier molecular flexibility index (Phi) is 3.21. The molecule has 2 rings (SSSR count). The lowest BCUT2D eigenvalue weighted by molar-refractivity contribution is -0.119. The minimum Gasteiger partial charge on any atom is -0.292 e. The van der Waals surface area contributed by atoms with Crippen molar-refractivity contribution >= 4 is 5.78 Å². The maximum atomic E-state index is 12.2. The maximum Gasteiger partial charge on any atom is 0.180 e. The molecule has 1 aliphatic carbocycles. The average Bonchev–Trinajstić information content (AvgIpc) is 2.35. The molecule has 18 heavy (non-hydrogen) atoms. The van der Waals surface area contributed by atoms with E-state index in [9.17, 15) is 4.79 Å². The Morgan fingerprint density at radius 2 is 1.78 bits per heavy atom. The Hall–Kier alpha value is -2.07. The predicted molar refractivity (Wildman–Crippen MR) is 73.9 cm³/mol. The summed E-state index contributed by atoms with van der Waals surface area (Å²) in [6, 6.07) is 9.74. The molecule has 0 heterocycles. The zero-order valence-electron chi connectivity index (χ0n) is 10.9. The van der Waals surface area contributed by atoms with Crippen LogP contribution < -0.4 is 0 Å². The molecule has 0 saturated heterocycles. The molecule has 1 nitrogen and oxygen atoms in total. The third-order valence-corrected chi connectivity index (χ3v) is 3.03. The second kappa shape index (κ2) is 4.66. The summed E-state index contributed by atoms with van der Waals surface area (Å²) < 4.78 is 0. The summed E-state index contributed by atoms with van der Waals surface area (Å²) in [5, 5.41) is 0. The summed E-state index contributed by atoms with van der Waals surface area (Å²) in [6.07, 6.45) is 3.85. The molecule has 90 valence electrons. The van der Waals surface area contributed by atoms with E-state index in [2.05, 4.69) is 11.8 Å². The van der Waals surface area contributed by atoms with E-state index < -0.39 is 5.41 Å². The third-order valence-electron chi connectivity index (χ3n) is 3.03. The van der Waals surface area contributed by atoms with Gasteiger partial charge < -0.3 is 0 Å². The van der Waals surface area contributed by atoms with Gasteiger partial charge in [-0.3, -0.25) is 4.79 Å². The lowest BCUT2D eigenvalue weighted by Crippen LogP contribution is -2.27. The van der Waals surface area contributed by atoms with Crippen molar-refractivity contribution in [2.45, 2.75) is 20.8 Å². The van der Waals surface area contributed by atoms with Crippen molar-refractivity contribution in [1.82, 2.24) is 0 Å². The molecule has 0 aliphatic heterocycles. The van der Waals surface area contributed by atoms with Gasteiger partial charge in [-0.1, -0.05) is 47.8 Å². The number of Topliss-reactive ketones (excluding diaryl/α,β-unsaturated/α-hetero) is 1. The summed E-state index contributed by atoms with van der Waals surface area (Å²) >= 11 is 0. The number of allylic oxidation sites excluding steroid dienone is 4. The number of hydrogen-bond donors (Lipinski definition) is 0. The second-order valence-corrected chi connectivity index (χ2v) is 4.86. The number of hydrogen-bond acceptors (Lipinski definition) is 1. The topological polar surface area (TPSA) is 17.1 Å². The molecule has 1 unspecified atom stereocenters. The zero-order valence-corrected chi connectivity index (χ0v) is 10.9. The van der Waals surface area contributed by atoms with Gasteiger partial charge in [0.2, 0.25) is 0 Å². The molecule has 0 radical (unpaired) electrons. The molecule has 1 atom stereocenters. The molecule has 1 aromatic carbocycles. The highest BCUT2D eigenvalue weighted by Gasteiger charge is 2.32.